The van der Waals surface area contributed by atoms with Crippen molar-refractivity contribution in [2.24, 2.45) is 5.41 Å². The minimum Gasteiger partial charge on any atom is -0.453 e. The van der Waals surface area contributed by atoms with Crippen LogP contribution < -0.4 is 0 Å². The highest BCUT2D eigenvalue weighted by Gasteiger charge is 2.27. The Morgan fingerprint density at radius 3 is 2.40 bits per heavy atom. The van der Waals surface area contributed by atoms with Crippen LogP contribution in [-0.2, 0) is 11.2 Å². The van der Waals surface area contributed by atoms with Gasteiger partial charge in [0.15, 0.2) is 5.76 Å². The van der Waals surface area contributed by atoms with Crippen LogP contribution in [0.5, 0.6) is 0 Å². The maximum atomic E-state index is 12.3. The van der Waals surface area contributed by atoms with E-state index >= 15 is 0 Å². The lowest BCUT2D eigenvalue weighted by Gasteiger charge is -2.15. The molecule has 20 heavy (non-hydrogen) atoms. The van der Waals surface area contributed by atoms with Crippen molar-refractivity contribution in [1.29, 1.82) is 0 Å². The van der Waals surface area contributed by atoms with E-state index < -0.39 is 5.41 Å². The molecule has 0 saturated heterocycles. The molecule has 0 saturated carbocycles. The normalized spacial score (nSPS) is 11.8. The molecule has 0 spiro atoms. The predicted molar refractivity (Wildman–Crippen MR) is 79.0 cm³/mol. The minimum absolute atomic E-state index is 0.0648. The summed E-state index contributed by atoms with van der Waals surface area (Å²) in [5.74, 6) is 0.0503. The van der Waals surface area contributed by atoms with Crippen LogP contribution in [0.25, 0.3) is 11.0 Å². The Hall–Kier alpha value is -1.90. The average Bonchev–Trinajstić information content (AvgIpc) is 2.75. The third-order valence-corrected chi connectivity index (χ3v) is 3.46. The summed E-state index contributed by atoms with van der Waals surface area (Å²) >= 11 is 0. The third kappa shape index (κ3) is 2.67. The highest BCUT2D eigenvalue weighted by Crippen LogP contribution is 2.28. The zero-order valence-corrected chi connectivity index (χ0v) is 12.4. The molecule has 0 aliphatic rings. The molecule has 3 heteroatoms. The van der Waals surface area contributed by atoms with Crippen molar-refractivity contribution in [3.05, 3.63) is 35.6 Å². The predicted octanol–water partition coefficient (Wildman–Crippen LogP) is 4.18. The van der Waals surface area contributed by atoms with Crippen molar-refractivity contribution in [2.45, 2.75) is 40.5 Å². The van der Waals surface area contributed by atoms with Crippen LogP contribution >= 0.6 is 0 Å². The Morgan fingerprint density at radius 1 is 1.15 bits per heavy atom. The first-order valence-electron chi connectivity index (χ1n) is 6.91. The lowest BCUT2D eigenvalue weighted by molar-refractivity contribution is -0.125. The van der Waals surface area contributed by atoms with Crippen LogP contribution in [0.4, 0.5) is 0 Å². The second kappa shape index (κ2) is 5.23. The SMILES string of the molecule is CCc1c(C(=O)CC(=O)C(C)(C)C)oc2ccccc12. The number of carbonyl (C=O) groups excluding carboxylic acids is 2. The number of carbonyl (C=O) groups is 2. The maximum Gasteiger partial charge on any atom is 0.205 e. The van der Waals surface area contributed by atoms with Crippen molar-refractivity contribution in [3.8, 4) is 0 Å². The van der Waals surface area contributed by atoms with Crippen LogP contribution in [0.1, 0.15) is 50.2 Å². The van der Waals surface area contributed by atoms with Gasteiger partial charge in [-0.25, -0.2) is 0 Å². The molecular formula is C17H20O3. The third-order valence-electron chi connectivity index (χ3n) is 3.46. The molecule has 0 radical (unpaired) electrons. The number of hydrogen-bond acceptors (Lipinski definition) is 3. The van der Waals surface area contributed by atoms with Gasteiger partial charge in [0.2, 0.25) is 5.78 Å². The van der Waals surface area contributed by atoms with E-state index in [4.69, 9.17) is 4.42 Å². The Morgan fingerprint density at radius 2 is 1.80 bits per heavy atom. The summed E-state index contributed by atoms with van der Waals surface area (Å²) in [7, 11) is 0. The topological polar surface area (TPSA) is 47.3 Å². The molecule has 1 aromatic carbocycles. The van der Waals surface area contributed by atoms with Crippen molar-refractivity contribution < 1.29 is 14.0 Å². The van der Waals surface area contributed by atoms with E-state index in [-0.39, 0.29) is 18.0 Å². The summed E-state index contributed by atoms with van der Waals surface area (Å²) in [5, 5.41) is 0.960. The van der Waals surface area contributed by atoms with Gasteiger partial charge in [0.05, 0.1) is 6.42 Å². The molecule has 2 rings (SSSR count). The molecule has 0 bridgehead atoms. The Kier molecular flexibility index (Phi) is 3.80. The summed E-state index contributed by atoms with van der Waals surface area (Å²) in [5.41, 5.74) is 1.09. The number of para-hydroxylation sites is 1. The van der Waals surface area contributed by atoms with Crippen LogP contribution in [0.15, 0.2) is 28.7 Å². The molecule has 2 aromatic rings. The first-order valence-corrected chi connectivity index (χ1v) is 6.91. The van der Waals surface area contributed by atoms with Crippen molar-refractivity contribution in [2.75, 3.05) is 0 Å². The lowest BCUT2D eigenvalue weighted by Crippen LogP contribution is -2.23. The van der Waals surface area contributed by atoms with Crippen molar-refractivity contribution in [1.82, 2.24) is 0 Å². The molecular weight excluding hydrogens is 252 g/mol. The average molecular weight is 272 g/mol. The van der Waals surface area contributed by atoms with Gasteiger partial charge in [-0.1, -0.05) is 45.9 Å². The number of furan rings is 1. The highest BCUT2D eigenvalue weighted by atomic mass is 16.3. The van der Waals surface area contributed by atoms with Gasteiger partial charge in [-0.2, -0.15) is 0 Å². The second-order valence-electron chi connectivity index (χ2n) is 6.03. The number of fused-ring (bicyclic) bond motifs is 1. The molecule has 0 atom stereocenters. The van der Waals surface area contributed by atoms with Gasteiger partial charge < -0.3 is 4.42 Å². The zero-order valence-electron chi connectivity index (χ0n) is 12.4. The largest absolute Gasteiger partial charge is 0.453 e. The monoisotopic (exact) mass is 272 g/mol. The summed E-state index contributed by atoms with van der Waals surface area (Å²) in [4.78, 5) is 24.3. The fourth-order valence-corrected chi connectivity index (χ4v) is 2.17. The Bertz CT molecular complexity index is 656. The second-order valence-corrected chi connectivity index (χ2v) is 6.03. The van der Waals surface area contributed by atoms with Gasteiger partial charge in [-0.05, 0) is 12.5 Å². The van der Waals surface area contributed by atoms with Gasteiger partial charge in [0.25, 0.3) is 0 Å². The highest BCUT2D eigenvalue weighted by molar-refractivity contribution is 6.10. The van der Waals surface area contributed by atoms with Crippen LogP contribution in [0, 0.1) is 5.41 Å². The molecule has 0 amide bonds. The van der Waals surface area contributed by atoms with E-state index in [9.17, 15) is 9.59 Å². The van der Waals surface area contributed by atoms with E-state index in [1.807, 2.05) is 52.0 Å². The van der Waals surface area contributed by atoms with Gasteiger partial charge in [0.1, 0.15) is 11.4 Å². The molecule has 3 nitrogen and oxygen atoms in total. The van der Waals surface area contributed by atoms with Crippen molar-refractivity contribution >= 4 is 22.5 Å². The fourth-order valence-electron chi connectivity index (χ4n) is 2.17. The van der Waals surface area contributed by atoms with Crippen LogP contribution in [-0.4, -0.2) is 11.6 Å². The van der Waals surface area contributed by atoms with Gasteiger partial charge in [0, 0.05) is 16.4 Å². The quantitative estimate of drug-likeness (QED) is 0.619. The maximum absolute atomic E-state index is 12.3. The zero-order chi connectivity index (χ0) is 14.9. The van der Waals surface area contributed by atoms with E-state index in [0.717, 1.165) is 10.9 Å². The molecule has 0 fully saturated rings. The number of ketones is 2. The van der Waals surface area contributed by atoms with E-state index in [2.05, 4.69) is 0 Å². The lowest BCUT2D eigenvalue weighted by atomic mass is 9.87. The molecule has 106 valence electrons. The summed E-state index contributed by atoms with van der Waals surface area (Å²) in [6, 6.07) is 7.59. The Balaban J connectivity index is 2.38. The Labute approximate surface area is 119 Å². The molecule has 1 heterocycles. The standard InChI is InChI=1S/C17H20O3/c1-5-11-12-8-6-7-9-14(12)20-16(11)13(18)10-15(19)17(2,3)4/h6-9H,5,10H2,1-4H3. The number of aryl methyl sites for hydroxylation is 1. The smallest absolute Gasteiger partial charge is 0.205 e. The van der Waals surface area contributed by atoms with Crippen molar-refractivity contribution in [3.63, 3.8) is 0 Å². The fraction of sp³-hybridized carbons (Fsp3) is 0.412. The van der Waals surface area contributed by atoms with Gasteiger partial charge in [-0.15, -0.1) is 0 Å². The van der Waals surface area contributed by atoms with E-state index in [0.29, 0.717) is 17.8 Å². The van der Waals surface area contributed by atoms with E-state index in [1.54, 1.807) is 0 Å². The first-order chi connectivity index (χ1) is 9.34. The van der Waals surface area contributed by atoms with Crippen LogP contribution in [0.3, 0.4) is 0 Å². The molecule has 0 N–H and O–H groups in total. The number of Topliss-reactive ketones (excluding diaryl/α,β-unsaturated/α-hetero) is 2. The summed E-state index contributed by atoms with van der Waals surface area (Å²) < 4.78 is 5.66. The number of rotatable bonds is 4. The van der Waals surface area contributed by atoms with Gasteiger partial charge in [-0.3, -0.25) is 9.59 Å². The minimum atomic E-state index is -0.506. The molecule has 1 aromatic heterocycles. The number of benzene rings is 1. The number of hydrogen-bond donors (Lipinski definition) is 0. The molecule has 0 aliphatic heterocycles. The van der Waals surface area contributed by atoms with Crippen LogP contribution in [0.2, 0.25) is 0 Å². The molecule has 0 unspecified atom stereocenters. The van der Waals surface area contributed by atoms with E-state index in [1.165, 1.54) is 0 Å². The first kappa shape index (κ1) is 14.5. The summed E-state index contributed by atoms with van der Waals surface area (Å²) in [6.45, 7) is 7.45. The summed E-state index contributed by atoms with van der Waals surface area (Å²) in [6.07, 6.45) is 0.609. The molecule has 0 aliphatic carbocycles. The van der Waals surface area contributed by atoms with Gasteiger partial charge >= 0.3 is 0 Å².